The van der Waals surface area contributed by atoms with Gasteiger partial charge in [-0.1, -0.05) is 132 Å². The second kappa shape index (κ2) is 35.8. The van der Waals surface area contributed by atoms with Crippen molar-refractivity contribution in [3.05, 3.63) is 72.9 Å². The number of aliphatic hydroxyl groups excluding tert-OH is 1. The first kappa shape index (κ1) is 48.5. The molecule has 0 aliphatic heterocycles. The zero-order valence-corrected chi connectivity index (χ0v) is 32.5. The number of ether oxygens (including phenoxy) is 2. The molecule has 0 fully saturated rings. The number of rotatable bonds is 34. The van der Waals surface area contributed by atoms with E-state index in [1.807, 2.05) is 36.5 Å². The highest BCUT2D eigenvalue weighted by molar-refractivity contribution is 7.46. The summed E-state index contributed by atoms with van der Waals surface area (Å²) in [7, 11) is -4.79. The Morgan fingerprint density at radius 1 is 0.608 bits per heavy atom. The summed E-state index contributed by atoms with van der Waals surface area (Å²) < 4.78 is 26.2. The van der Waals surface area contributed by atoms with Gasteiger partial charge in [0.1, 0.15) is 6.61 Å². The van der Waals surface area contributed by atoms with Gasteiger partial charge in [-0.2, -0.15) is 0 Å². The Bertz CT molecular complexity index is 1070. The number of esters is 2. The number of phosphoric acid groups is 1. The van der Waals surface area contributed by atoms with Crippen LogP contribution in [0.3, 0.4) is 0 Å². The van der Waals surface area contributed by atoms with Crippen LogP contribution < -0.4 is 0 Å². The molecule has 0 saturated carbocycles. The molecule has 0 heterocycles. The van der Waals surface area contributed by atoms with Crippen LogP contribution in [-0.2, 0) is 28.2 Å². The summed E-state index contributed by atoms with van der Waals surface area (Å²) in [5.74, 6) is -1.01. The molecule has 9 nitrogen and oxygen atoms in total. The zero-order valence-electron chi connectivity index (χ0n) is 31.6. The van der Waals surface area contributed by atoms with Crippen LogP contribution in [-0.4, -0.2) is 52.3 Å². The summed E-state index contributed by atoms with van der Waals surface area (Å²) in [5.41, 5.74) is 0. The Hall–Kier alpha value is -2.55. The Kier molecular flexibility index (Phi) is 34.0. The standard InChI is InChI=1S/C41H69O9P/c1-3-5-7-9-11-12-13-14-15-16-17-18-22-26-30-34-40(43)48-36-39(37-49-51(45,46)47)50-41(44)35-31-27-23-20-19-21-25-29-33-38(42)32-28-24-10-8-6-4-2/h11-12,14-15,20-21,23-25,28-29,33,38-39,42H,3-10,13,16-19,22,26-27,30-32,34-37H2,1-2H3,(H2,45,46,47)/b12-11-,15-14-,23-20-,25-21-,28-24-,33-29+/t38-,39+/m0/s1. The van der Waals surface area contributed by atoms with Crippen LogP contribution in [0.15, 0.2) is 72.9 Å². The van der Waals surface area contributed by atoms with Crippen molar-refractivity contribution in [3.63, 3.8) is 0 Å². The molecule has 51 heavy (non-hydrogen) atoms. The summed E-state index contributed by atoms with van der Waals surface area (Å²) in [4.78, 5) is 42.7. The average molecular weight is 737 g/mol. The number of allylic oxidation sites excluding steroid dienone is 10. The van der Waals surface area contributed by atoms with Gasteiger partial charge < -0.3 is 24.4 Å². The van der Waals surface area contributed by atoms with Crippen molar-refractivity contribution >= 4 is 19.8 Å². The van der Waals surface area contributed by atoms with E-state index >= 15 is 0 Å². The van der Waals surface area contributed by atoms with E-state index in [1.54, 1.807) is 6.08 Å². The van der Waals surface area contributed by atoms with E-state index in [0.717, 1.165) is 51.4 Å². The first-order chi connectivity index (χ1) is 24.7. The molecule has 0 aromatic carbocycles. The summed E-state index contributed by atoms with van der Waals surface area (Å²) >= 11 is 0. The van der Waals surface area contributed by atoms with Crippen molar-refractivity contribution < 1.29 is 43.0 Å². The number of aliphatic hydroxyl groups is 1. The fourth-order valence-corrected chi connectivity index (χ4v) is 5.19. The fraction of sp³-hybridized carbons (Fsp3) is 0.659. The van der Waals surface area contributed by atoms with Crippen molar-refractivity contribution in [2.45, 2.75) is 161 Å². The zero-order chi connectivity index (χ0) is 37.7. The number of unbranched alkanes of at least 4 members (excludes halogenated alkanes) is 12. The van der Waals surface area contributed by atoms with Crippen LogP contribution in [0, 0.1) is 0 Å². The Balaban J connectivity index is 4.18. The quantitative estimate of drug-likeness (QED) is 0.0194. The highest BCUT2D eigenvalue weighted by atomic mass is 31.2. The molecule has 0 amide bonds. The summed E-state index contributed by atoms with van der Waals surface area (Å²) in [5, 5.41) is 9.99. The maximum atomic E-state index is 12.4. The third kappa shape index (κ3) is 38.5. The SMILES string of the molecule is CCCCC/C=C\C/C=C\CCCCCCCC(=O)OC[C@H](COP(=O)(O)O)OC(=O)CCC/C=C\C/C=C\C=C\[C@@H](O)C/C=C\CCCCC. The van der Waals surface area contributed by atoms with Gasteiger partial charge in [-0.3, -0.25) is 14.1 Å². The molecule has 0 aromatic heterocycles. The van der Waals surface area contributed by atoms with Crippen molar-refractivity contribution in [2.75, 3.05) is 13.2 Å². The van der Waals surface area contributed by atoms with Crippen LogP contribution in [0.4, 0.5) is 0 Å². The van der Waals surface area contributed by atoms with Gasteiger partial charge in [-0.15, -0.1) is 0 Å². The molecule has 10 heteroatoms. The highest BCUT2D eigenvalue weighted by Gasteiger charge is 2.22. The van der Waals surface area contributed by atoms with Crippen LogP contribution in [0.5, 0.6) is 0 Å². The van der Waals surface area contributed by atoms with Gasteiger partial charge in [0.25, 0.3) is 0 Å². The lowest BCUT2D eigenvalue weighted by atomic mass is 10.1. The predicted octanol–water partition coefficient (Wildman–Crippen LogP) is 10.5. The summed E-state index contributed by atoms with van der Waals surface area (Å²) in [6.07, 6.45) is 42.2. The molecule has 292 valence electrons. The van der Waals surface area contributed by atoms with E-state index in [9.17, 15) is 19.3 Å². The molecule has 0 spiro atoms. The lowest BCUT2D eigenvalue weighted by Crippen LogP contribution is -2.29. The monoisotopic (exact) mass is 736 g/mol. The van der Waals surface area contributed by atoms with Crippen molar-refractivity contribution in [1.82, 2.24) is 0 Å². The molecule has 0 rings (SSSR count). The summed E-state index contributed by atoms with van der Waals surface area (Å²) in [6, 6.07) is 0. The number of hydrogen-bond donors (Lipinski definition) is 3. The normalized spacial score (nSPS) is 13.9. The highest BCUT2D eigenvalue weighted by Crippen LogP contribution is 2.36. The maximum absolute atomic E-state index is 12.4. The van der Waals surface area contributed by atoms with Gasteiger partial charge in [0.05, 0.1) is 12.7 Å². The molecule has 0 bridgehead atoms. The van der Waals surface area contributed by atoms with Gasteiger partial charge in [-0.25, -0.2) is 4.57 Å². The molecule has 0 aromatic rings. The minimum absolute atomic E-state index is 0.0974. The molecule has 0 unspecified atom stereocenters. The first-order valence-corrected chi connectivity index (χ1v) is 20.9. The third-order valence-corrected chi connectivity index (χ3v) is 8.26. The van der Waals surface area contributed by atoms with Crippen molar-refractivity contribution in [1.29, 1.82) is 0 Å². The summed E-state index contributed by atoms with van der Waals surface area (Å²) in [6.45, 7) is 3.48. The number of carbonyl (C=O) groups is 2. The number of hydrogen-bond acceptors (Lipinski definition) is 7. The van der Waals surface area contributed by atoms with Crippen LogP contribution in [0.2, 0.25) is 0 Å². The van der Waals surface area contributed by atoms with Crippen molar-refractivity contribution in [2.24, 2.45) is 0 Å². The van der Waals surface area contributed by atoms with Gasteiger partial charge in [0.2, 0.25) is 0 Å². The van der Waals surface area contributed by atoms with Crippen LogP contribution >= 0.6 is 7.82 Å². The molecule has 0 radical (unpaired) electrons. The lowest BCUT2D eigenvalue weighted by Gasteiger charge is -2.18. The molecule has 0 saturated heterocycles. The van der Waals surface area contributed by atoms with E-state index in [1.165, 1.54) is 38.5 Å². The Morgan fingerprint density at radius 3 is 1.76 bits per heavy atom. The van der Waals surface area contributed by atoms with Gasteiger partial charge in [0, 0.05) is 12.8 Å². The molecule has 3 N–H and O–H groups in total. The topological polar surface area (TPSA) is 140 Å². The molecular weight excluding hydrogens is 667 g/mol. The first-order valence-electron chi connectivity index (χ1n) is 19.3. The van der Waals surface area contributed by atoms with Crippen molar-refractivity contribution in [3.8, 4) is 0 Å². The lowest BCUT2D eigenvalue weighted by molar-refractivity contribution is -0.161. The minimum atomic E-state index is -4.79. The molecule has 0 aliphatic carbocycles. The largest absolute Gasteiger partial charge is 0.469 e. The second-order valence-corrected chi connectivity index (χ2v) is 14.0. The Labute approximate surface area is 309 Å². The van der Waals surface area contributed by atoms with Gasteiger partial charge >= 0.3 is 19.8 Å². The number of carbonyl (C=O) groups excluding carboxylic acids is 2. The fourth-order valence-electron chi connectivity index (χ4n) is 4.83. The average Bonchev–Trinajstić information content (AvgIpc) is 3.09. The predicted molar refractivity (Wildman–Crippen MR) is 208 cm³/mol. The molecule has 2 atom stereocenters. The number of phosphoric ester groups is 1. The van der Waals surface area contributed by atoms with E-state index in [0.29, 0.717) is 32.1 Å². The second-order valence-electron chi connectivity index (χ2n) is 12.7. The maximum Gasteiger partial charge on any atom is 0.469 e. The van der Waals surface area contributed by atoms with Gasteiger partial charge in [-0.05, 0) is 77.0 Å². The molecule has 0 aliphatic rings. The smallest absolute Gasteiger partial charge is 0.462 e. The third-order valence-electron chi connectivity index (χ3n) is 7.78. The molecular formula is C41H69O9P. The Morgan fingerprint density at radius 2 is 1.14 bits per heavy atom. The van der Waals surface area contributed by atoms with Gasteiger partial charge in [0.15, 0.2) is 6.10 Å². The van der Waals surface area contributed by atoms with Crippen LogP contribution in [0.25, 0.3) is 0 Å². The van der Waals surface area contributed by atoms with E-state index in [4.69, 9.17) is 19.3 Å². The van der Waals surface area contributed by atoms with E-state index < -0.39 is 38.6 Å². The van der Waals surface area contributed by atoms with E-state index in [2.05, 4.69) is 48.8 Å². The van der Waals surface area contributed by atoms with Crippen LogP contribution in [0.1, 0.15) is 149 Å². The minimum Gasteiger partial charge on any atom is -0.462 e. The van der Waals surface area contributed by atoms with E-state index in [-0.39, 0.29) is 19.4 Å².